The van der Waals surface area contributed by atoms with Crippen molar-refractivity contribution in [2.24, 2.45) is 5.92 Å². The lowest BCUT2D eigenvalue weighted by atomic mass is 10.2. The van der Waals surface area contributed by atoms with Gasteiger partial charge >= 0.3 is 0 Å². The van der Waals surface area contributed by atoms with E-state index in [1.165, 1.54) is 5.56 Å². The van der Waals surface area contributed by atoms with Crippen molar-refractivity contribution in [3.8, 4) is 5.75 Å². The zero-order valence-electron chi connectivity index (χ0n) is 19.8. The molecule has 4 N–H and O–H groups in total. The van der Waals surface area contributed by atoms with Crippen LogP contribution >= 0.6 is 28.1 Å². The largest absolute Gasteiger partial charge is 0.492 e. The van der Waals surface area contributed by atoms with Gasteiger partial charge in [0.05, 0.1) is 11.1 Å². The molecule has 0 aliphatic heterocycles. The maximum absolute atomic E-state index is 12.6. The predicted molar refractivity (Wildman–Crippen MR) is 148 cm³/mol. The number of benzene rings is 3. The Morgan fingerprint density at radius 1 is 0.892 bits per heavy atom. The molecule has 37 heavy (non-hydrogen) atoms. The fourth-order valence-electron chi connectivity index (χ4n) is 3.37. The third-order valence-corrected chi connectivity index (χ3v) is 6.39. The van der Waals surface area contributed by atoms with Crippen LogP contribution in [0.1, 0.15) is 39.1 Å². The SMILES string of the molecule is O=C(NNC(=S)NC(=O)c1ccc(OCCc2ccccc2)c(Br)c1)c1ccc(NC(=O)C2CC2)cc1. The lowest BCUT2D eigenvalue weighted by molar-refractivity contribution is -0.117. The molecule has 4 rings (SSSR count). The van der Waals surface area contributed by atoms with Gasteiger partial charge in [0.1, 0.15) is 5.75 Å². The highest BCUT2D eigenvalue weighted by molar-refractivity contribution is 9.10. The van der Waals surface area contributed by atoms with Gasteiger partial charge in [0.2, 0.25) is 5.91 Å². The van der Waals surface area contributed by atoms with Crippen molar-refractivity contribution in [1.82, 2.24) is 16.2 Å². The van der Waals surface area contributed by atoms with Crippen molar-refractivity contribution in [1.29, 1.82) is 0 Å². The van der Waals surface area contributed by atoms with Gasteiger partial charge in [-0.05, 0) is 89.0 Å². The van der Waals surface area contributed by atoms with E-state index in [1.807, 2.05) is 30.3 Å². The molecule has 0 spiro atoms. The van der Waals surface area contributed by atoms with E-state index < -0.39 is 11.8 Å². The minimum Gasteiger partial charge on any atom is -0.492 e. The van der Waals surface area contributed by atoms with Crippen molar-refractivity contribution in [2.45, 2.75) is 19.3 Å². The van der Waals surface area contributed by atoms with E-state index in [4.69, 9.17) is 17.0 Å². The number of ether oxygens (including phenoxy) is 1. The number of hydrazine groups is 1. The smallest absolute Gasteiger partial charge is 0.269 e. The molecular formula is C27H25BrN4O4S. The van der Waals surface area contributed by atoms with Crippen molar-refractivity contribution >= 4 is 56.7 Å². The van der Waals surface area contributed by atoms with Crippen LogP contribution < -0.4 is 26.2 Å². The van der Waals surface area contributed by atoms with Crippen molar-refractivity contribution in [3.63, 3.8) is 0 Å². The van der Waals surface area contributed by atoms with Crippen molar-refractivity contribution in [3.05, 3.63) is 94.0 Å². The van der Waals surface area contributed by atoms with E-state index in [0.717, 1.165) is 19.3 Å². The zero-order valence-corrected chi connectivity index (χ0v) is 22.2. The van der Waals surface area contributed by atoms with Crippen LogP contribution in [0, 0.1) is 5.92 Å². The summed E-state index contributed by atoms with van der Waals surface area (Å²) in [5, 5.41) is 5.27. The van der Waals surface area contributed by atoms with Crippen LogP contribution in [0.4, 0.5) is 5.69 Å². The molecule has 1 saturated carbocycles. The van der Waals surface area contributed by atoms with Crippen LogP contribution in [0.5, 0.6) is 5.75 Å². The number of hydrogen-bond donors (Lipinski definition) is 4. The average molecular weight is 581 g/mol. The van der Waals surface area contributed by atoms with E-state index in [9.17, 15) is 14.4 Å². The molecule has 1 aliphatic carbocycles. The second-order valence-corrected chi connectivity index (χ2v) is 9.70. The zero-order chi connectivity index (χ0) is 26.2. The molecule has 0 heterocycles. The van der Waals surface area contributed by atoms with Gasteiger partial charge in [0.25, 0.3) is 11.8 Å². The number of amides is 3. The van der Waals surface area contributed by atoms with Gasteiger partial charge in [-0.2, -0.15) is 0 Å². The van der Waals surface area contributed by atoms with Gasteiger partial charge in [-0.15, -0.1) is 0 Å². The molecule has 1 aliphatic rings. The summed E-state index contributed by atoms with van der Waals surface area (Å²) in [6, 6.07) is 21.5. The Hall–Kier alpha value is -3.76. The first kappa shape index (κ1) is 26.3. The number of anilines is 1. The van der Waals surface area contributed by atoms with E-state index in [1.54, 1.807) is 42.5 Å². The second kappa shape index (κ2) is 12.5. The Morgan fingerprint density at radius 3 is 2.27 bits per heavy atom. The summed E-state index contributed by atoms with van der Waals surface area (Å²) >= 11 is 8.56. The van der Waals surface area contributed by atoms with E-state index >= 15 is 0 Å². The minimum atomic E-state index is -0.448. The number of nitrogens with one attached hydrogen (secondary N) is 4. The molecule has 1 fully saturated rings. The fourth-order valence-corrected chi connectivity index (χ4v) is 4.01. The molecule has 8 nitrogen and oxygen atoms in total. The number of carbonyl (C=O) groups excluding carboxylic acids is 3. The summed E-state index contributed by atoms with van der Waals surface area (Å²) in [7, 11) is 0. The molecule has 0 radical (unpaired) electrons. The average Bonchev–Trinajstić information content (AvgIpc) is 3.75. The van der Waals surface area contributed by atoms with Crippen LogP contribution in [-0.2, 0) is 11.2 Å². The molecule has 3 aromatic rings. The normalized spacial score (nSPS) is 12.2. The third kappa shape index (κ3) is 7.86. The minimum absolute atomic E-state index is 0.00258. The van der Waals surface area contributed by atoms with Crippen LogP contribution in [0.2, 0.25) is 0 Å². The molecule has 3 amide bonds. The molecule has 0 aromatic heterocycles. The first-order chi connectivity index (χ1) is 17.9. The summed E-state index contributed by atoms with van der Waals surface area (Å²) in [4.78, 5) is 36.8. The van der Waals surface area contributed by atoms with E-state index in [2.05, 4.69) is 37.4 Å². The van der Waals surface area contributed by atoms with Gasteiger partial charge in [-0.1, -0.05) is 30.3 Å². The summed E-state index contributed by atoms with van der Waals surface area (Å²) in [5.41, 5.74) is 7.48. The molecule has 190 valence electrons. The Bertz CT molecular complexity index is 1300. The maximum Gasteiger partial charge on any atom is 0.269 e. The number of hydrogen-bond acceptors (Lipinski definition) is 5. The summed E-state index contributed by atoms with van der Waals surface area (Å²) in [5.74, 6) is -0.174. The highest BCUT2D eigenvalue weighted by Crippen LogP contribution is 2.30. The van der Waals surface area contributed by atoms with E-state index in [-0.39, 0.29) is 16.9 Å². The van der Waals surface area contributed by atoms with Gasteiger partial charge in [0, 0.05) is 29.2 Å². The molecule has 0 unspecified atom stereocenters. The van der Waals surface area contributed by atoms with Crippen molar-refractivity contribution in [2.75, 3.05) is 11.9 Å². The molecule has 0 bridgehead atoms. The maximum atomic E-state index is 12.6. The first-order valence-corrected chi connectivity index (χ1v) is 12.9. The molecule has 0 saturated heterocycles. The second-order valence-electron chi connectivity index (χ2n) is 8.43. The molecule has 10 heteroatoms. The quantitative estimate of drug-likeness (QED) is 0.233. The van der Waals surface area contributed by atoms with Crippen molar-refractivity contribution < 1.29 is 19.1 Å². The molecule has 0 atom stereocenters. The summed E-state index contributed by atoms with van der Waals surface area (Å²) in [6.45, 7) is 0.500. The lowest BCUT2D eigenvalue weighted by Gasteiger charge is -2.12. The monoisotopic (exact) mass is 580 g/mol. The standard InChI is InChI=1S/C27H25BrN4O4S/c28-22-16-20(10-13-23(22)36-15-14-17-4-2-1-3-5-17)25(34)30-27(37)32-31-26(35)19-8-11-21(12-9-19)29-24(33)18-6-7-18/h1-5,8-13,16,18H,6-7,14-15H2,(H,29,33)(H,31,35)(H2,30,32,34,37). The van der Waals surface area contributed by atoms with Crippen LogP contribution in [-0.4, -0.2) is 29.4 Å². The molecular weight excluding hydrogens is 556 g/mol. The Kier molecular flexibility index (Phi) is 8.86. The van der Waals surface area contributed by atoms with Crippen LogP contribution in [0.3, 0.4) is 0 Å². The Balaban J connectivity index is 1.21. The van der Waals surface area contributed by atoms with Gasteiger partial charge in [-0.3, -0.25) is 30.6 Å². The number of halogens is 1. The fraction of sp³-hybridized carbons (Fsp3) is 0.185. The topological polar surface area (TPSA) is 109 Å². The number of carbonyl (C=O) groups is 3. The number of thiocarbonyl (C=S) groups is 1. The summed E-state index contributed by atoms with van der Waals surface area (Å²) in [6.07, 6.45) is 2.60. The highest BCUT2D eigenvalue weighted by atomic mass is 79.9. The van der Waals surface area contributed by atoms with E-state index in [0.29, 0.717) is 33.6 Å². The Labute approximate surface area is 228 Å². The Morgan fingerprint density at radius 2 is 1.59 bits per heavy atom. The summed E-state index contributed by atoms with van der Waals surface area (Å²) < 4.78 is 6.45. The number of rotatable bonds is 8. The van der Waals surface area contributed by atoms with Gasteiger partial charge in [0.15, 0.2) is 5.11 Å². The lowest BCUT2D eigenvalue weighted by Crippen LogP contribution is -2.48. The first-order valence-electron chi connectivity index (χ1n) is 11.7. The van der Waals surface area contributed by atoms with Crippen LogP contribution in [0.15, 0.2) is 77.3 Å². The molecule has 3 aromatic carbocycles. The predicted octanol–water partition coefficient (Wildman–Crippen LogP) is 4.37. The van der Waals surface area contributed by atoms with Gasteiger partial charge in [-0.25, -0.2) is 0 Å². The van der Waals surface area contributed by atoms with Gasteiger partial charge < -0.3 is 10.1 Å². The highest BCUT2D eigenvalue weighted by Gasteiger charge is 2.29. The van der Waals surface area contributed by atoms with Crippen LogP contribution in [0.25, 0.3) is 0 Å². The third-order valence-electron chi connectivity index (χ3n) is 5.56.